The summed E-state index contributed by atoms with van der Waals surface area (Å²) in [6, 6.07) is 17.3. The van der Waals surface area contributed by atoms with Gasteiger partial charge in [0.1, 0.15) is 6.54 Å². The predicted molar refractivity (Wildman–Crippen MR) is 116 cm³/mol. The fourth-order valence-corrected chi connectivity index (χ4v) is 4.25. The first-order chi connectivity index (χ1) is 15.2. The van der Waals surface area contributed by atoms with Gasteiger partial charge in [-0.2, -0.15) is 0 Å². The molecule has 1 N–H and O–H groups in total. The van der Waals surface area contributed by atoms with Crippen molar-refractivity contribution in [1.82, 2.24) is 0 Å². The average Bonchev–Trinajstić information content (AvgIpc) is 2.78. The summed E-state index contributed by atoms with van der Waals surface area (Å²) in [7, 11) is -4.20. The molecule has 0 spiro atoms. The molecule has 0 saturated heterocycles. The molecule has 0 bridgehead atoms. The van der Waals surface area contributed by atoms with Gasteiger partial charge < -0.3 is 5.32 Å². The number of nitro groups is 2. The van der Waals surface area contributed by atoms with E-state index in [4.69, 9.17) is 0 Å². The van der Waals surface area contributed by atoms with Crippen LogP contribution in [-0.2, 0) is 14.8 Å². The summed E-state index contributed by atoms with van der Waals surface area (Å²) in [5.41, 5.74) is -0.336. The Morgan fingerprint density at radius 3 is 2.06 bits per heavy atom. The lowest BCUT2D eigenvalue weighted by Crippen LogP contribution is -2.38. The fraction of sp³-hybridized carbons (Fsp3) is 0.0500. The van der Waals surface area contributed by atoms with Gasteiger partial charge in [0.15, 0.2) is 0 Å². The molecule has 164 valence electrons. The number of hydrogen-bond donors (Lipinski definition) is 1. The lowest BCUT2D eigenvalue weighted by atomic mass is 10.2. The van der Waals surface area contributed by atoms with Crippen molar-refractivity contribution in [3.63, 3.8) is 0 Å². The Balaban J connectivity index is 1.93. The molecule has 0 aliphatic heterocycles. The average molecular weight is 456 g/mol. The minimum atomic E-state index is -4.20. The van der Waals surface area contributed by atoms with Gasteiger partial charge in [0.25, 0.3) is 21.4 Å². The maximum absolute atomic E-state index is 13.2. The lowest BCUT2D eigenvalue weighted by Gasteiger charge is -2.24. The van der Waals surface area contributed by atoms with Gasteiger partial charge in [0.05, 0.1) is 20.4 Å². The van der Waals surface area contributed by atoms with Gasteiger partial charge in [-0.05, 0) is 30.3 Å². The number of anilines is 2. The van der Waals surface area contributed by atoms with E-state index in [2.05, 4.69) is 5.32 Å². The lowest BCUT2D eigenvalue weighted by molar-refractivity contribution is -0.385. The Hall–Kier alpha value is -4.32. The molecule has 3 rings (SSSR count). The molecular formula is C20H16N4O7S. The smallest absolute Gasteiger partial charge is 0.271 e. The second-order valence-corrected chi connectivity index (χ2v) is 8.32. The van der Waals surface area contributed by atoms with Gasteiger partial charge in [0.2, 0.25) is 5.91 Å². The third-order valence-electron chi connectivity index (χ3n) is 4.31. The van der Waals surface area contributed by atoms with Crippen LogP contribution in [0.15, 0.2) is 83.8 Å². The summed E-state index contributed by atoms with van der Waals surface area (Å²) < 4.78 is 27.2. The number of amides is 1. The van der Waals surface area contributed by atoms with Crippen molar-refractivity contribution >= 4 is 38.7 Å². The Morgan fingerprint density at radius 1 is 0.844 bits per heavy atom. The maximum atomic E-state index is 13.2. The first-order valence-electron chi connectivity index (χ1n) is 9.05. The molecule has 3 aromatic carbocycles. The zero-order chi connectivity index (χ0) is 23.3. The predicted octanol–water partition coefficient (Wildman–Crippen LogP) is 3.34. The molecule has 0 atom stereocenters. The van der Waals surface area contributed by atoms with Crippen LogP contribution in [0, 0.1) is 20.2 Å². The van der Waals surface area contributed by atoms with Crippen molar-refractivity contribution in [2.75, 3.05) is 16.2 Å². The van der Waals surface area contributed by atoms with Crippen LogP contribution in [0.2, 0.25) is 0 Å². The number of nitrogens with zero attached hydrogens (tertiary/aromatic N) is 3. The van der Waals surface area contributed by atoms with Crippen molar-refractivity contribution in [2.24, 2.45) is 0 Å². The van der Waals surface area contributed by atoms with Gasteiger partial charge in [0, 0.05) is 30.0 Å². The van der Waals surface area contributed by atoms with E-state index in [1.54, 1.807) is 6.07 Å². The van der Waals surface area contributed by atoms with Crippen molar-refractivity contribution in [3.8, 4) is 0 Å². The van der Waals surface area contributed by atoms with E-state index >= 15 is 0 Å². The van der Waals surface area contributed by atoms with Gasteiger partial charge >= 0.3 is 0 Å². The number of nitro benzene ring substituents is 2. The highest BCUT2D eigenvalue weighted by atomic mass is 32.2. The van der Waals surface area contributed by atoms with Crippen LogP contribution in [0.3, 0.4) is 0 Å². The highest BCUT2D eigenvalue weighted by Gasteiger charge is 2.27. The first-order valence-corrected chi connectivity index (χ1v) is 10.5. The number of sulfonamides is 1. The molecule has 11 nitrogen and oxygen atoms in total. The van der Waals surface area contributed by atoms with Gasteiger partial charge in [-0.1, -0.05) is 24.3 Å². The standard InChI is InChI=1S/C20H16N4O7S/c25-20(21-15-5-4-6-18(13-15)24(28)29)14-22(16-9-11-17(12-10-16)23(26)27)32(30,31)19-7-2-1-3-8-19/h1-13H,14H2,(H,21,25). The van der Waals surface area contributed by atoms with E-state index in [0.29, 0.717) is 0 Å². The van der Waals surface area contributed by atoms with Crippen molar-refractivity contribution in [3.05, 3.63) is 99.1 Å². The second-order valence-electron chi connectivity index (χ2n) is 6.45. The second kappa shape index (κ2) is 9.22. The Morgan fingerprint density at radius 2 is 1.47 bits per heavy atom. The van der Waals surface area contributed by atoms with Crippen LogP contribution in [0.5, 0.6) is 0 Å². The minimum absolute atomic E-state index is 0.0358. The minimum Gasteiger partial charge on any atom is -0.324 e. The first kappa shape index (κ1) is 22.4. The summed E-state index contributed by atoms with van der Waals surface area (Å²) >= 11 is 0. The molecule has 0 unspecified atom stereocenters. The third kappa shape index (κ3) is 5.05. The molecular weight excluding hydrogens is 440 g/mol. The topological polar surface area (TPSA) is 153 Å². The van der Waals surface area contributed by atoms with Gasteiger partial charge in [-0.15, -0.1) is 0 Å². The molecule has 0 heterocycles. The molecule has 32 heavy (non-hydrogen) atoms. The molecule has 0 fully saturated rings. The maximum Gasteiger partial charge on any atom is 0.271 e. The Kier molecular flexibility index (Phi) is 6.45. The molecule has 3 aromatic rings. The Labute approximate surface area is 182 Å². The van der Waals surface area contributed by atoms with Crippen LogP contribution in [0.1, 0.15) is 0 Å². The molecule has 1 amide bonds. The van der Waals surface area contributed by atoms with E-state index in [0.717, 1.165) is 22.5 Å². The summed E-state index contributed by atoms with van der Waals surface area (Å²) in [4.78, 5) is 33.1. The van der Waals surface area contributed by atoms with E-state index in [9.17, 15) is 33.4 Å². The largest absolute Gasteiger partial charge is 0.324 e. The van der Waals surface area contributed by atoms with Crippen LogP contribution in [0.25, 0.3) is 0 Å². The normalized spacial score (nSPS) is 10.9. The van der Waals surface area contributed by atoms with Crippen LogP contribution < -0.4 is 9.62 Å². The molecule has 0 saturated carbocycles. The molecule has 0 aliphatic rings. The van der Waals surface area contributed by atoms with E-state index in [-0.39, 0.29) is 27.6 Å². The zero-order valence-electron chi connectivity index (χ0n) is 16.3. The van der Waals surface area contributed by atoms with E-state index in [1.165, 1.54) is 54.6 Å². The molecule has 12 heteroatoms. The van der Waals surface area contributed by atoms with Gasteiger partial charge in [-0.25, -0.2) is 8.42 Å². The number of hydrogen-bond acceptors (Lipinski definition) is 7. The number of non-ortho nitro benzene ring substituents is 2. The third-order valence-corrected chi connectivity index (χ3v) is 6.10. The molecule has 0 aromatic heterocycles. The van der Waals surface area contributed by atoms with Gasteiger partial charge in [-0.3, -0.25) is 29.3 Å². The summed E-state index contributed by atoms with van der Waals surface area (Å²) in [5.74, 6) is -0.761. The van der Waals surface area contributed by atoms with Crippen LogP contribution in [-0.4, -0.2) is 30.7 Å². The van der Waals surface area contributed by atoms with Crippen molar-refractivity contribution < 1.29 is 23.1 Å². The number of benzene rings is 3. The quantitative estimate of drug-likeness (QED) is 0.403. The highest BCUT2D eigenvalue weighted by molar-refractivity contribution is 7.92. The zero-order valence-corrected chi connectivity index (χ0v) is 17.1. The number of rotatable bonds is 8. The number of carbonyl (C=O) groups is 1. The van der Waals surface area contributed by atoms with Crippen LogP contribution >= 0.6 is 0 Å². The van der Waals surface area contributed by atoms with Crippen molar-refractivity contribution in [2.45, 2.75) is 4.90 Å². The monoisotopic (exact) mass is 456 g/mol. The van der Waals surface area contributed by atoms with E-state index in [1.807, 2.05) is 0 Å². The van der Waals surface area contributed by atoms with Crippen LogP contribution in [0.4, 0.5) is 22.7 Å². The summed E-state index contributed by atoms with van der Waals surface area (Å²) in [6.07, 6.45) is 0. The SMILES string of the molecule is O=C(CN(c1ccc([N+](=O)[O-])cc1)S(=O)(=O)c1ccccc1)Nc1cccc([N+](=O)[O-])c1. The summed E-state index contributed by atoms with van der Waals surface area (Å²) in [5, 5.41) is 24.3. The number of nitrogens with one attached hydrogen (secondary N) is 1. The van der Waals surface area contributed by atoms with Crippen molar-refractivity contribution in [1.29, 1.82) is 0 Å². The fourth-order valence-electron chi connectivity index (χ4n) is 2.80. The Bertz CT molecular complexity index is 1260. The number of carbonyl (C=O) groups excluding carboxylic acids is 1. The van der Waals surface area contributed by atoms with E-state index < -0.39 is 32.3 Å². The summed E-state index contributed by atoms with van der Waals surface area (Å²) in [6.45, 7) is -0.669. The molecule has 0 aliphatic carbocycles. The highest BCUT2D eigenvalue weighted by Crippen LogP contribution is 2.26. The molecule has 0 radical (unpaired) electrons.